The fourth-order valence-corrected chi connectivity index (χ4v) is 4.45. The summed E-state index contributed by atoms with van der Waals surface area (Å²) in [5.41, 5.74) is 2.91. The average molecular weight is 583 g/mol. The third-order valence-electron chi connectivity index (χ3n) is 5.98. The minimum absolute atomic E-state index is 0.304. The maximum absolute atomic E-state index is 12.3. The lowest BCUT2D eigenvalue weighted by Crippen LogP contribution is -2.47. The molecule has 1 aliphatic rings. The van der Waals surface area contributed by atoms with Crippen LogP contribution in [-0.2, 0) is 9.53 Å². The molecule has 3 N–H and O–H groups in total. The van der Waals surface area contributed by atoms with E-state index in [0.29, 0.717) is 35.6 Å². The van der Waals surface area contributed by atoms with Gasteiger partial charge in [-0.2, -0.15) is 4.98 Å². The molecule has 0 spiro atoms. The molecule has 3 aromatic rings. The van der Waals surface area contributed by atoms with Gasteiger partial charge in [-0.15, -0.1) is 0 Å². The molecule has 0 unspecified atom stereocenters. The van der Waals surface area contributed by atoms with Crippen molar-refractivity contribution in [2.45, 2.75) is 0 Å². The van der Waals surface area contributed by atoms with Crippen LogP contribution in [-0.4, -0.2) is 79.3 Å². The zero-order chi connectivity index (χ0) is 26.9. The molecule has 1 saturated heterocycles. The van der Waals surface area contributed by atoms with E-state index in [0.717, 1.165) is 48.6 Å². The smallest absolute Gasteiger partial charge is 0.247 e. The van der Waals surface area contributed by atoms with E-state index in [1.54, 1.807) is 14.2 Å². The maximum atomic E-state index is 12.3. The molecule has 2 heterocycles. The number of nitrogens with zero attached hydrogens (tertiary/aromatic N) is 5. The van der Waals surface area contributed by atoms with Gasteiger partial charge in [0.05, 0.1) is 30.8 Å². The molecular weight excluding hydrogens is 552 g/mol. The van der Waals surface area contributed by atoms with E-state index in [-0.39, 0.29) is 5.91 Å². The Morgan fingerprint density at radius 2 is 1.84 bits per heavy atom. The quantitative estimate of drug-likeness (QED) is 0.286. The molecule has 0 radical (unpaired) electrons. The van der Waals surface area contributed by atoms with Gasteiger partial charge >= 0.3 is 0 Å². The summed E-state index contributed by atoms with van der Waals surface area (Å²) in [4.78, 5) is 29.8. The predicted octanol–water partition coefficient (Wildman–Crippen LogP) is 4.02. The summed E-state index contributed by atoms with van der Waals surface area (Å²) < 4.78 is 11.9. The van der Waals surface area contributed by atoms with Gasteiger partial charge < -0.3 is 30.3 Å². The van der Waals surface area contributed by atoms with E-state index in [2.05, 4.69) is 63.2 Å². The maximum Gasteiger partial charge on any atom is 0.247 e. The summed E-state index contributed by atoms with van der Waals surface area (Å²) in [6, 6.07) is 11.4. The van der Waals surface area contributed by atoms with Crippen LogP contribution in [0.2, 0.25) is 0 Å². The minimum Gasteiger partial charge on any atom is -0.494 e. The van der Waals surface area contributed by atoms with Crippen LogP contribution in [0, 0.1) is 0 Å². The molecule has 2 aromatic carbocycles. The van der Waals surface area contributed by atoms with Crippen LogP contribution in [0.4, 0.5) is 34.6 Å². The largest absolute Gasteiger partial charge is 0.494 e. The normalized spacial score (nSPS) is 13.6. The second kappa shape index (κ2) is 13.2. The van der Waals surface area contributed by atoms with Crippen molar-refractivity contribution in [3.8, 4) is 5.75 Å². The highest BCUT2D eigenvalue weighted by molar-refractivity contribution is 9.10. The summed E-state index contributed by atoms with van der Waals surface area (Å²) in [6.07, 6.45) is 2.66. The predicted molar refractivity (Wildman–Crippen MR) is 153 cm³/mol. The fourth-order valence-electron chi connectivity index (χ4n) is 4.05. The van der Waals surface area contributed by atoms with Crippen LogP contribution < -0.4 is 25.6 Å². The van der Waals surface area contributed by atoms with Crippen LogP contribution in [0.5, 0.6) is 5.75 Å². The summed E-state index contributed by atoms with van der Waals surface area (Å²) in [6.45, 7) is 8.56. The first-order valence-electron chi connectivity index (χ1n) is 12.1. The van der Waals surface area contributed by atoms with Crippen LogP contribution in [0.25, 0.3) is 0 Å². The number of aromatic nitrogens is 3. The molecule has 0 saturated carbocycles. The first-order chi connectivity index (χ1) is 18.5. The number of carbonyl (C=O) groups excluding carboxylic acids is 1. The van der Waals surface area contributed by atoms with Crippen molar-refractivity contribution >= 4 is 56.5 Å². The molecule has 1 aromatic heterocycles. The Morgan fingerprint density at radius 1 is 1.08 bits per heavy atom. The number of rotatable bonds is 11. The van der Waals surface area contributed by atoms with Crippen molar-refractivity contribution in [1.82, 2.24) is 19.9 Å². The third kappa shape index (κ3) is 7.18. The van der Waals surface area contributed by atoms with Crippen LogP contribution >= 0.6 is 15.9 Å². The molecule has 4 rings (SSSR count). The van der Waals surface area contributed by atoms with E-state index in [1.165, 1.54) is 12.4 Å². The van der Waals surface area contributed by atoms with Crippen molar-refractivity contribution < 1.29 is 14.3 Å². The Morgan fingerprint density at radius 3 is 2.53 bits per heavy atom. The van der Waals surface area contributed by atoms with E-state index in [4.69, 9.17) is 9.47 Å². The van der Waals surface area contributed by atoms with E-state index in [9.17, 15) is 4.79 Å². The standard InChI is InChI=1S/C26H31BrN8O3/c1-4-24(36)31-20-15-21(23(38-3)16-22(20)35-10-8-34(9-11-35)12-13-37-2)32-26-29-17-28-25(33-26)30-19-7-5-6-18(27)14-19/h4-7,14-17H,1,8-13H2,2-3H3,(H,31,36)(H2,28,29,30,32,33). The number of anilines is 6. The van der Waals surface area contributed by atoms with Crippen molar-refractivity contribution in [2.75, 3.05) is 74.4 Å². The van der Waals surface area contributed by atoms with Gasteiger partial charge in [-0.1, -0.05) is 28.6 Å². The van der Waals surface area contributed by atoms with Crippen molar-refractivity contribution in [3.63, 3.8) is 0 Å². The summed E-state index contributed by atoms with van der Waals surface area (Å²) >= 11 is 3.46. The van der Waals surface area contributed by atoms with Gasteiger partial charge in [-0.25, -0.2) is 9.97 Å². The SMILES string of the molecule is C=CC(=O)Nc1cc(Nc2ncnc(Nc3cccc(Br)c3)n2)c(OC)cc1N1CCN(CCOC)CC1. The summed E-state index contributed by atoms with van der Waals surface area (Å²) in [7, 11) is 3.31. The molecule has 0 bridgehead atoms. The van der Waals surface area contributed by atoms with Crippen molar-refractivity contribution in [1.29, 1.82) is 0 Å². The number of piperazine rings is 1. The van der Waals surface area contributed by atoms with E-state index in [1.807, 2.05) is 36.4 Å². The summed E-state index contributed by atoms with van der Waals surface area (Å²) in [5, 5.41) is 9.29. The van der Waals surface area contributed by atoms with Gasteiger partial charge in [0.2, 0.25) is 17.8 Å². The average Bonchev–Trinajstić information content (AvgIpc) is 2.92. The first kappa shape index (κ1) is 27.3. The Bertz CT molecular complexity index is 1270. The van der Waals surface area contributed by atoms with E-state index < -0.39 is 0 Å². The van der Waals surface area contributed by atoms with Gasteiger partial charge in [0.15, 0.2) is 0 Å². The molecule has 12 heteroatoms. The first-order valence-corrected chi connectivity index (χ1v) is 12.9. The second-order valence-electron chi connectivity index (χ2n) is 8.48. The lowest BCUT2D eigenvalue weighted by molar-refractivity contribution is -0.111. The lowest BCUT2D eigenvalue weighted by atomic mass is 10.1. The number of amides is 1. The number of hydrogen-bond donors (Lipinski definition) is 3. The fraction of sp³-hybridized carbons (Fsp3) is 0.308. The Hall–Kier alpha value is -3.74. The summed E-state index contributed by atoms with van der Waals surface area (Å²) in [5.74, 6) is 0.973. The number of nitrogens with one attached hydrogen (secondary N) is 3. The number of carbonyl (C=O) groups is 1. The third-order valence-corrected chi connectivity index (χ3v) is 6.48. The number of halogens is 1. The monoisotopic (exact) mass is 582 g/mol. The van der Waals surface area contributed by atoms with Crippen LogP contribution in [0.15, 0.2) is 59.9 Å². The highest BCUT2D eigenvalue weighted by Gasteiger charge is 2.22. The van der Waals surface area contributed by atoms with E-state index >= 15 is 0 Å². The molecule has 38 heavy (non-hydrogen) atoms. The zero-order valence-electron chi connectivity index (χ0n) is 21.4. The van der Waals surface area contributed by atoms with Gasteiger partial charge in [0.25, 0.3) is 0 Å². The minimum atomic E-state index is -0.304. The van der Waals surface area contributed by atoms with Gasteiger partial charge in [0.1, 0.15) is 12.1 Å². The number of methoxy groups -OCH3 is 2. The van der Waals surface area contributed by atoms with Crippen LogP contribution in [0.3, 0.4) is 0 Å². The molecule has 1 fully saturated rings. The molecule has 0 aliphatic carbocycles. The number of benzene rings is 2. The van der Waals surface area contributed by atoms with Crippen LogP contribution in [0.1, 0.15) is 0 Å². The molecular formula is C26H31BrN8O3. The van der Waals surface area contributed by atoms with Crippen molar-refractivity contribution in [3.05, 3.63) is 59.9 Å². The second-order valence-corrected chi connectivity index (χ2v) is 9.39. The Balaban J connectivity index is 1.58. The Labute approximate surface area is 230 Å². The van der Waals surface area contributed by atoms with Gasteiger partial charge in [0, 0.05) is 56.1 Å². The highest BCUT2D eigenvalue weighted by atomic mass is 79.9. The molecule has 0 atom stereocenters. The topological polar surface area (TPSA) is 117 Å². The van der Waals surface area contributed by atoms with Gasteiger partial charge in [-0.05, 0) is 30.3 Å². The lowest BCUT2D eigenvalue weighted by Gasteiger charge is -2.37. The highest BCUT2D eigenvalue weighted by Crippen LogP contribution is 2.38. The Kier molecular flexibility index (Phi) is 9.46. The molecule has 1 amide bonds. The van der Waals surface area contributed by atoms with Crippen molar-refractivity contribution in [2.24, 2.45) is 0 Å². The number of ether oxygens (including phenoxy) is 2. The molecule has 11 nitrogen and oxygen atoms in total. The van der Waals surface area contributed by atoms with Gasteiger partial charge in [-0.3, -0.25) is 9.69 Å². The molecule has 1 aliphatic heterocycles. The molecule has 200 valence electrons. The number of hydrogen-bond acceptors (Lipinski definition) is 10. The zero-order valence-corrected chi connectivity index (χ0v) is 23.0.